The quantitative estimate of drug-likeness (QED) is 0.926. The summed E-state index contributed by atoms with van der Waals surface area (Å²) >= 11 is 0. The molecule has 1 aliphatic rings. The van der Waals surface area contributed by atoms with Gasteiger partial charge in [0.25, 0.3) is 0 Å². The number of aromatic nitrogens is 1. The number of carbonyl (C=O) groups excluding carboxylic acids is 2. The van der Waals surface area contributed by atoms with Crippen LogP contribution < -0.4 is 4.74 Å². The number of nitrogens with zero attached hydrogens (tertiary/aromatic N) is 1. The van der Waals surface area contributed by atoms with Gasteiger partial charge in [-0.1, -0.05) is 0 Å². The van der Waals surface area contributed by atoms with Crippen LogP contribution >= 0.6 is 0 Å². The van der Waals surface area contributed by atoms with E-state index in [4.69, 9.17) is 9.47 Å². The number of ether oxygens (including phenoxy) is 2. The third-order valence-corrected chi connectivity index (χ3v) is 3.88. The number of methoxy groups -OCH3 is 1. The molecule has 0 unspecified atom stereocenters. The zero-order valence-electron chi connectivity index (χ0n) is 12.6. The molecule has 1 N–H and O–H groups in total. The topological polar surface area (TPSA) is 71.6 Å². The zero-order chi connectivity index (χ0) is 15.7. The van der Waals surface area contributed by atoms with Gasteiger partial charge in [-0.15, -0.1) is 0 Å². The molecular weight excluding hydrogens is 284 g/mol. The summed E-state index contributed by atoms with van der Waals surface area (Å²) < 4.78 is 10.3. The molecule has 0 saturated heterocycles. The number of rotatable bonds is 2. The molecule has 0 radical (unpaired) electrons. The van der Waals surface area contributed by atoms with Gasteiger partial charge in [-0.25, -0.2) is 4.79 Å². The van der Waals surface area contributed by atoms with E-state index in [-0.39, 0.29) is 18.3 Å². The van der Waals surface area contributed by atoms with E-state index in [2.05, 4.69) is 4.98 Å². The van der Waals surface area contributed by atoms with Gasteiger partial charge >= 0.3 is 6.09 Å². The van der Waals surface area contributed by atoms with E-state index in [1.54, 1.807) is 18.9 Å². The highest BCUT2D eigenvalue weighted by molar-refractivity contribution is 6.03. The van der Waals surface area contributed by atoms with Crippen molar-refractivity contribution in [1.29, 1.82) is 0 Å². The van der Waals surface area contributed by atoms with Gasteiger partial charge in [-0.05, 0) is 25.1 Å². The van der Waals surface area contributed by atoms with Gasteiger partial charge in [0.1, 0.15) is 5.75 Å². The molecule has 22 heavy (non-hydrogen) atoms. The fourth-order valence-corrected chi connectivity index (χ4v) is 2.76. The third kappa shape index (κ3) is 2.41. The summed E-state index contributed by atoms with van der Waals surface area (Å²) in [6, 6.07) is 5.60. The smallest absolute Gasteiger partial charge is 0.410 e. The predicted molar refractivity (Wildman–Crippen MR) is 81.2 cm³/mol. The first-order valence-electron chi connectivity index (χ1n) is 7.27. The predicted octanol–water partition coefficient (Wildman–Crippen LogP) is 2.72. The molecule has 1 aliphatic heterocycles. The molecule has 116 valence electrons. The summed E-state index contributed by atoms with van der Waals surface area (Å²) in [5.41, 5.74) is 2.27. The van der Waals surface area contributed by atoms with Crippen LogP contribution in [0, 0.1) is 0 Å². The van der Waals surface area contributed by atoms with E-state index in [9.17, 15) is 9.59 Å². The Morgan fingerprint density at radius 2 is 2.23 bits per heavy atom. The molecule has 6 nitrogen and oxygen atoms in total. The van der Waals surface area contributed by atoms with Crippen molar-refractivity contribution in [2.75, 3.05) is 20.3 Å². The van der Waals surface area contributed by atoms with E-state index in [1.165, 1.54) is 0 Å². The Bertz CT molecular complexity index is 735. The summed E-state index contributed by atoms with van der Waals surface area (Å²) in [5.74, 6) is 0.727. The molecule has 0 spiro atoms. The Morgan fingerprint density at radius 1 is 1.41 bits per heavy atom. The van der Waals surface area contributed by atoms with Crippen LogP contribution in [0.25, 0.3) is 10.9 Å². The minimum atomic E-state index is -0.389. The number of carbonyl (C=O) groups is 2. The zero-order valence-corrected chi connectivity index (χ0v) is 12.6. The second-order valence-electron chi connectivity index (χ2n) is 5.18. The first-order chi connectivity index (χ1) is 10.6. The molecule has 0 aliphatic carbocycles. The number of H-pyrrole nitrogens is 1. The molecule has 1 amide bonds. The van der Waals surface area contributed by atoms with Gasteiger partial charge in [-0.3, -0.25) is 4.79 Å². The number of benzene rings is 1. The minimum Gasteiger partial charge on any atom is -0.497 e. The summed E-state index contributed by atoms with van der Waals surface area (Å²) in [4.78, 5) is 29.1. The van der Waals surface area contributed by atoms with Crippen molar-refractivity contribution in [3.63, 3.8) is 0 Å². The number of aromatic amines is 1. The van der Waals surface area contributed by atoms with Crippen LogP contribution in [0.1, 0.15) is 29.4 Å². The lowest BCUT2D eigenvalue weighted by atomic mass is 10.1. The van der Waals surface area contributed by atoms with Crippen molar-refractivity contribution in [2.24, 2.45) is 0 Å². The van der Waals surface area contributed by atoms with Gasteiger partial charge in [0, 0.05) is 29.4 Å². The third-order valence-electron chi connectivity index (χ3n) is 3.88. The molecule has 0 fully saturated rings. The second-order valence-corrected chi connectivity index (χ2v) is 5.18. The minimum absolute atomic E-state index is 0.0111. The average Bonchev–Trinajstić information content (AvgIpc) is 2.80. The van der Waals surface area contributed by atoms with Gasteiger partial charge in [-0.2, -0.15) is 0 Å². The van der Waals surface area contributed by atoms with Crippen LogP contribution in [-0.2, 0) is 11.3 Å². The molecule has 1 aromatic carbocycles. The standard InChI is InChI=1S/C16H18N2O4/c1-3-22-16(20)18-7-6-14(19)15-12(9-18)11-8-10(21-2)4-5-13(11)17-15/h4-5,8,17H,3,6-7,9H2,1-2H3. The number of Topliss-reactive ketones (excluding diaryl/α,β-unsaturated/α-hetero) is 1. The van der Waals surface area contributed by atoms with Crippen LogP contribution in [-0.4, -0.2) is 42.0 Å². The van der Waals surface area contributed by atoms with Crippen molar-refractivity contribution in [3.8, 4) is 5.75 Å². The fourth-order valence-electron chi connectivity index (χ4n) is 2.76. The monoisotopic (exact) mass is 302 g/mol. The van der Waals surface area contributed by atoms with Crippen molar-refractivity contribution in [1.82, 2.24) is 9.88 Å². The normalized spacial score (nSPS) is 14.6. The number of fused-ring (bicyclic) bond motifs is 3. The Kier molecular flexibility index (Phi) is 3.75. The SMILES string of the molecule is CCOC(=O)N1CCC(=O)c2[nH]c3ccc(OC)cc3c2C1. The fraction of sp³-hybridized carbons (Fsp3) is 0.375. The van der Waals surface area contributed by atoms with Crippen molar-refractivity contribution in [2.45, 2.75) is 19.9 Å². The highest BCUT2D eigenvalue weighted by Crippen LogP contribution is 2.30. The van der Waals surface area contributed by atoms with E-state index in [0.29, 0.717) is 31.1 Å². The Hall–Kier alpha value is -2.50. The number of hydrogen-bond donors (Lipinski definition) is 1. The maximum atomic E-state index is 12.3. The first kappa shape index (κ1) is 14.4. The van der Waals surface area contributed by atoms with Crippen molar-refractivity contribution in [3.05, 3.63) is 29.5 Å². The van der Waals surface area contributed by atoms with E-state index >= 15 is 0 Å². The van der Waals surface area contributed by atoms with Crippen LogP contribution in [0.4, 0.5) is 4.79 Å². The number of nitrogens with one attached hydrogen (secondary N) is 1. The first-order valence-corrected chi connectivity index (χ1v) is 7.27. The largest absolute Gasteiger partial charge is 0.497 e. The summed E-state index contributed by atoms with van der Waals surface area (Å²) in [7, 11) is 1.60. The lowest BCUT2D eigenvalue weighted by molar-refractivity contribution is 0.0936. The Morgan fingerprint density at radius 3 is 2.95 bits per heavy atom. The number of hydrogen-bond acceptors (Lipinski definition) is 4. The van der Waals surface area contributed by atoms with Crippen molar-refractivity contribution >= 4 is 22.8 Å². The maximum Gasteiger partial charge on any atom is 0.410 e. The molecule has 0 bridgehead atoms. The maximum absolute atomic E-state index is 12.3. The summed E-state index contributed by atoms with van der Waals surface area (Å²) in [6.07, 6.45) is -0.101. The van der Waals surface area contributed by atoms with Crippen LogP contribution in [0.5, 0.6) is 5.75 Å². The Balaban J connectivity index is 2.06. The van der Waals surface area contributed by atoms with Gasteiger partial charge in [0.05, 0.1) is 26.0 Å². The lowest BCUT2D eigenvalue weighted by Crippen LogP contribution is -2.31. The molecule has 0 saturated carbocycles. The number of amides is 1. The van der Waals surface area contributed by atoms with Crippen molar-refractivity contribution < 1.29 is 19.1 Å². The lowest BCUT2D eigenvalue weighted by Gasteiger charge is -2.19. The molecule has 0 atom stereocenters. The average molecular weight is 302 g/mol. The molecule has 3 rings (SSSR count). The molecular formula is C16H18N2O4. The number of ketones is 1. The molecule has 2 aromatic rings. The van der Waals surface area contributed by atoms with Gasteiger partial charge in [0.2, 0.25) is 0 Å². The highest BCUT2D eigenvalue weighted by Gasteiger charge is 2.27. The Labute approximate surface area is 128 Å². The van der Waals surface area contributed by atoms with Crippen LogP contribution in [0.15, 0.2) is 18.2 Å². The molecule has 2 heterocycles. The highest BCUT2D eigenvalue weighted by atomic mass is 16.6. The summed E-state index contributed by atoms with van der Waals surface area (Å²) in [5, 5.41) is 0.902. The van der Waals surface area contributed by atoms with E-state index < -0.39 is 0 Å². The van der Waals surface area contributed by atoms with Crippen LogP contribution in [0.2, 0.25) is 0 Å². The molecule has 1 aromatic heterocycles. The van der Waals surface area contributed by atoms with E-state index in [1.807, 2.05) is 18.2 Å². The van der Waals surface area contributed by atoms with Crippen LogP contribution in [0.3, 0.4) is 0 Å². The van der Waals surface area contributed by atoms with Gasteiger partial charge < -0.3 is 19.4 Å². The molecule has 6 heteroatoms. The second kappa shape index (κ2) is 5.71. The summed E-state index contributed by atoms with van der Waals surface area (Å²) in [6.45, 7) is 2.80. The van der Waals surface area contributed by atoms with Gasteiger partial charge in [0.15, 0.2) is 5.78 Å². The van der Waals surface area contributed by atoms with E-state index in [0.717, 1.165) is 16.5 Å².